The van der Waals surface area contributed by atoms with E-state index in [1.807, 2.05) is 24.3 Å². The van der Waals surface area contributed by atoms with Crippen molar-refractivity contribution in [2.75, 3.05) is 26.2 Å². The van der Waals surface area contributed by atoms with Gasteiger partial charge in [0.2, 0.25) is 5.91 Å². The van der Waals surface area contributed by atoms with Crippen LogP contribution in [0.25, 0.3) is 10.8 Å². The molecule has 1 heterocycles. The molecular formula is C18H19N3O3. The highest BCUT2D eigenvalue weighted by atomic mass is 16.2. The van der Waals surface area contributed by atoms with Gasteiger partial charge in [-0.3, -0.25) is 19.3 Å². The Bertz CT molecular complexity index is 762. The molecule has 0 spiro atoms. The molecule has 124 valence electrons. The predicted molar refractivity (Wildman–Crippen MR) is 90.9 cm³/mol. The van der Waals surface area contributed by atoms with Gasteiger partial charge in [-0.15, -0.1) is 0 Å². The van der Waals surface area contributed by atoms with Crippen LogP contribution in [0.3, 0.4) is 0 Å². The molecule has 2 aromatic carbocycles. The Hall–Kier alpha value is -2.73. The van der Waals surface area contributed by atoms with Crippen molar-refractivity contribution in [2.45, 2.75) is 6.92 Å². The summed E-state index contributed by atoms with van der Waals surface area (Å²) in [4.78, 5) is 37.0. The van der Waals surface area contributed by atoms with Crippen LogP contribution in [0.2, 0.25) is 0 Å². The smallest absolute Gasteiger partial charge is 0.261 e. The van der Waals surface area contributed by atoms with Crippen molar-refractivity contribution in [1.29, 1.82) is 0 Å². The molecule has 2 N–H and O–H groups in total. The van der Waals surface area contributed by atoms with Crippen molar-refractivity contribution < 1.29 is 14.4 Å². The zero-order valence-corrected chi connectivity index (χ0v) is 13.5. The topological polar surface area (TPSA) is 78.5 Å². The second-order valence-corrected chi connectivity index (χ2v) is 5.74. The van der Waals surface area contributed by atoms with Gasteiger partial charge >= 0.3 is 0 Å². The van der Waals surface area contributed by atoms with Crippen LogP contribution in [0.4, 0.5) is 0 Å². The molecule has 0 fully saturated rings. The highest BCUT2D eigenvalue weighted by molar-refractivity contribution is 6.23. The Morgan fingerprint density at radius 1 is 0.958 bits per heavy atom. The third-order valence-electron chi connectivity index (χ3n) is 4.02. The average molecular weight is 325 g/mol. The van der Waals surface area contributed by atoms with Crippen LogP contribution in [0, 0.1) is 0 Å². The zero-order chi connectivity index (χ0) is 17.1. The predicted octanol–water partition coefficient (Wildman–Crippen LogP) is 1.16. The van der Waals surface area contributed by atoms with Gasteiger partial charge in [0.05, 0.1) is 11.1 Å². The molecule has 0 radical (unpaired) electrons. The van der Waals surface area contributed by atoms with E-state index in [1.165, 1.54) is 11.8 Å². The number of rotatable bonds is 6. The van der Waals surface area contributed by atoms with Gasteiger partial charge in [0, 0.05) is 33.1 Å². The molecule has 1 aliphatic rings. The van der Waals surface area contributed by atoms with Crippen molar-refractivity contribution in [2.24, 2.45) is 0 Å². The zero-order valence-electron chi connectivity index (χ0n) is 13.5. The van der Waals surface area contributed by atoms with Gasteiger partial charge in [0.25, 0.3) is 11.8 Å². The molecule has 3 amide bonds. The first kappa shape index (κ1) is 16.1. The lowest BCUT2D eigenvalue weighted by Gasteiger charge is -2.14. The van der Waals surface area contributed by atoms with Crippen molar-refractivity contribution in [3.8, 4) is 0 Å². The van der Waals surface area contributed by atoms with E-state index >= 15 is 0 Å². The molecule has 0 aliphatic carbocycles. The maximum Gasteiger partial charge on any atom is 0.261 e. The normalized spacial score (nSPS) is 13.5. The minimum atomic E-state index is -0.246. The number of benzene rings is 2. The summed E-state index contributed by atoms with van der Waals surface area (Å²) in [6.07, 6.45) is 0. The average Bonchev–Trinajstić information content (AvgIpc) is 2.80. The Kier molecular flexibility index (Phi) is 4.57. The quantitative estimate of drug-likeness (QED) is 0.617. The summed E-state index contributed by atoms with van der Waals surface area (Å²) >= 11 is 0. The number of nitrogens with one attached hydrogen (secondary N) is 2. The molecule has 0 saturated carbocycles. The molecule has 6 nitrogen and oxygen atoms in total. The second kappa shape index (κ2) is 6.80. The lowest BCUT2D eigenvalue weighted by atomic mass is 10.0. The van der Waals surface area contributed by atoms with Crippen molar-refractivity contribution in [3.63, 3.8) is 0 Å². The van der Waals surface area contributed by atoms with E-state index in [2.05, 4.69) is 10.6 Å². The first-order chi connectivity index (χ1) is 11.6. The van der Waals surface area contributed by atoms with Gasteiger partial charge in [-0.05, 0) is 22.9 Å². The van der Waals surface area contributed by atoms with Gasteiger partial charge in [-0.2, -0.15) is 0 Å². The maximum atomic E-state index is 12.5. The van der Waals surface area contributed by atoms with Crippen molar-refractivity contribution >= 4 is 28.5 Å². The summed E-state index contributed by atoms with van der Waals surface area (Å²) in [7, 11) is 0. The van der Waals surface area contributed by atoms with E-state index in [0.29, 0.717) is 37.3 Å². The number of hydrogen-bond acceptors (Lipinski definition) is 4. The summed E-state index contributed by atoms with van der Waals surface area (Å²) in [6.45, 7) is 3.37. The minimum Gasteiger partial charge on any atom is -0.355 e. The molecule has 1 aliphatic heterocycles. The van der Waals surface area contributed by atoms with Gasteiger partial charge in [0.15, 0.2) is 0 Å². The molecule has 0 aromatic heterocycles. The lowest BCUT2D eigenvalue weighted by Crippen LogP contribution is -2.38. The number of amides is 3. The number of hydrogen-bond donors (Lipinski definition) is 2. The molecule has 0 unspecified atom stereocenters. The van der Waals surface area contributed by atoms with E-state index < -0.39 is 0 Å². The highest BCUT2D eigenvalue weighted by Crippen LogP contribution is 2.27. The number of fused-ring (bicyclic) bond motifs is 2. The minimum absolute atomic E-state index is 0.0794. The van der Waals surface area contributed by atoms with Crippen LogP contribution in [0.1, 0.15) is 27.6 Å². The largest absolute Gasteiger partial charge is 0.355 e. The molecule has 0 saturated heterocycles. The molecule has 0 atom stereocenters. The molecule has 6 heteroatoms. The van der Waals surface area contributed by atoms with Crippen LogP contribution in [0.5, 0.6) is 0 Å². The fourth-order valence-corrected chi connectivity index (χ4v) is 2.82. The molecule has 0 bridgehead atoms. The van der Waals surface area contributed by atoms with E-state index in [0.717, 1.165) is 10.8 Å². The number of nitrogens with zero attached hydrogens (tertiary/aromatic N) is 1. The Labute approximate surface area is 139 Å². The molecule has 24 heavy (non-hydrogen) atoms. The van der Waals surface area contributed by atoms with E-state index in [-0.39, 0.29) is 17.7 Å². The first-order valence-corrected chi connectivity index (χ1v) is 7.92. The summed E-state index contributed by atoms with van der Waals surface area (Å²) in [6, 6.07) is 11.3. The maximum absolute atomic E-state index is 12.5. The van der Waals surface area contributed by atoms with E-state index in [4.69, 9.17) is 0 Å². The van der Waals surface area contributed by atoms with Crippen LogP contribution in [0.15, 0.2) is 36.4 Å². The molecular weight excluding hydrogens is 306 g/mol. The standard InChI is InChI=1S/C18H19N3O3/c1-12(22)20-7-6-19-8-9-21-17(23)15-10-13-4-2-3-5-14(13)11-16(15)18(21)24/h2-5,10-11,19H,6-9H2,1H3,(H,20,22). The van der Waals surface area contributed by atoms with Crippen LogP contribution >= 0.6 is 0 Å². The van der Waals surface area contributed by atoms with Gasteiger partial charge in [0.1, 0.15) is 0 Å². The van der Waals surface area contributed by atoms with Gasteiger partial charge < -0.3 is 10.6 Å². The Morgan fingerprint density at radius 3 is 2.08 bits per heavy atom. The van der Waals surface area contributed by atoms with Gasteiger partial charge in [-0.1, -0.05) is 24.3 Å². The Morgan fingerprint density at radius 2 is 1.54 bits per heavy atom. The molecule has 2 aromatic rings. The first-order valence-electron chi connectivity index (χ1n) is 7.92. The Balaban J connectivity index is 1.64. The third kappa shape index (κ3) is 3.14. The van der Waals surface area contributed by atoms with Crippen LogP contribution < -0.4 is 10.6 Å². The van der Waals surface area contributed by atoms with Crippen LogP contribution in [-0.4, -0.2) is 48.8 Å². The summed E-state index contributed by atoms with van der Waals surface area (Å²) in [5.74, 6) is -0.571. The van der Waals surface area contributed by atoms with Crippen molar-refractivity contribution in [3.05, 3.63) is 47.5 Å². The SMILES string of the molecule is CC(=O)NCCNCCN1C(=O)c2cc3ccccc3cc2C1=O. The molecule has 3 rings (SSSR count). The van der Waals surface area contributed by atoms with Gasteiger partial charge in [-0.25, -0.2) is 0 Å². The monoisotopic (exact) mass is 325 g/mol. The number of imide groups is 1. The van der Waals surface area contributed by atoms with E-state index in [9.17, 15) is 14.4 Å². The summed E-state index contributed by atoms with van der Waals surface area (Å²) in [5, 5.41) is 7.69. The second-order valence-electron chi connectivity index (χ2n) is 5.74. The van der Waals surface area contributed by atoms with Crippen LogP contribution in [-0.2, 0) is 4.79 Å². The fourth-order valence-electron chi connectivity index (χ4n) is 2.82. The third-order valence-corrected chi connectivity index (χ3v) is 4.02. The summed E-state index contributed by atoms with van der Waals surface area (Å²) in [5.41, 5.74) is 0.939. The lowest BCUT2D eigenvalue weighted by molar-refractivity contribution is -0.118. The number of carbonyl (C=O) groups excluding carboxylic acids is 3. The van der Waals surface area contributed by atoms with Crippen molar-refractivity contribution in [1.82, 2.24) is 15.5 Å². The summed E-state index contributed by atoms with van der Waals surface area (Å²) < 4.78 is 0. The number of carbonyl (C=O) groups is 3. The fraction of sp³-hybridized carbons (Fsp3) is 0.278. The highest BCUT2D eigenvalue weighted by Gasteiger charge is 2.35. The van der Waals surface area contributed by atoms with E-state index in [1.54, 1.807) is 12.1 Å².